The highest BCUT2D eigenvalue weighted by molar-refractivity contribution is 6.31. The molecule has 1 nitrogen and oxygen atoms in total. The second kappa shape index (κ2) is 3.01. The Bertz CT molecular complexity index is 406. The summed E-state index contributed by atoms with van der Waals surface area (Å²) < 4.78 is 13.1. The maximum Gasteiger partial charge on any atom is 0.143 e. The third kappa shape index (κ3) is 1.20. The van der Waals surface area contributed by atoms with Crippen LogP contribution in [0.4, 0.5) is 4.39 Å². The maximum atomic E-state index is 13.1. The summed E-state index contributed by atoms with van der Waals surface area (Å²) in [5.74, 6) is -0.473. The third-order valence-corrected chi connectivity index (χ3v) is 2.82. The van der Waals surface area contributed by atoms with Crippen molar-refractivity contribution in [2.75, 3.05) is 0 Å². The van der Waals surface area contributed by atoms with Gasteiger partial charge in [0.1, 0.15) is 5.82 Å². The van der Waals surface area contributed by atoms with Crippen molar-refractivity contribution in [3.63, 3.8) is 0 Å². The van der Waals surface area contributed by atoms with Gasteiger partial charge in [0.25, 0.3) is 0 Å². The van der Waals surface area contributed by atoms with E-state index in [-0.39, 0.29) is 5.02 Å². The molecule has 2 rings (SSSR count). The molecule has 0 fully saturated rings. The molecule has 0 radical (unpaired) electrons. The number of fused-ring (bicyclic) bond motifs is 1. The monoisotopic (exact) mass is 195 g/mol. The Labute approximate surface area is 80.7 Å². The van der Waals surface area contributed by atoms with Crippen LogP contribution in [-0.4, -0.2) is 0 Å². The van der Waals surface area contributed by atoms with Crippen molar-refractivity contribution < 1.29 is 4.39 Å². The fraction of sp³-hybridized carbons (Fsp3) is 0.300. The number of rotatable bonds is 0. The van der Waals surface area contributed by atoms with Gasteiger partial charge in [0.05, 0.1) is 16.7 Å². The number of hydrogen-bond donors (Lipinski definition) is 0. The highest BCUT2D eigenvalue weighted by atomic mass is 35.5. The van der Waals surface area contributed by atoms with Crippen LogP contribution in [0, 0.1) is 17.1 Å². The van der Waals surface area contributed by atoms with Gasteiger partial charge in [0.2, 0.25) is 0 Å². The molecule has 3 heteroatoms. The van der Waals surface area contributed by atoms with Crippen LogP contribution in [0.3, 0.4) is 0 Å². The number of nitriles is 1. The Balaban J connectivity index is 2.73. The van der Waals surface area contributed by atoms with E-state index in [2.05, 4.69) is 0 Å². The van der Waals surface area contributed by atoms with Gasteiger partial charge in [-0.2, -0.15) is 5.26 Å². The summed E-state index contributed by atoms with van der Waals surface area (Å²) in [6, 6.07) is 3.23. The van der Waals surface area contributed by atoms with Gasteiger partial charge in [0, 0.05) is 0 Å². The van der Waals surface area contributed by atoms with E-state index in [0.29, 0.717) is 5.56 Å². The Kier molecular flexibility index (Phi) is 1.97. The van der Waals surface area contributed by atoms with Gasteiger partial charge in [-0.05, 0) is 36.5 Å². The van der Waals surface area contributed by atoms with Crippen molar-refractivity contribution in [3.05, 3.63) is 33.6 Å². The van der Waals surface area contributed by atoms with Crippen LogP contribution in [0.1, 0.15) is 23.1 Å². The average molecular weight is 196 g/mol. The minimum Gasteiger partial charge on any atom is -0.205 e. The second-order valence-electron chi connectivity index (χ2n) is 3.14. The lowest BCUT2D eigenvalue weighted by Gasteiger charge is -2.04. The summed E-state index contributed by atoms with van der Waals surface area (Å²) in [4.78, 5) is 0. The molecule has 0 saturated carbocycles. The lowest BCUT2D eigenvalue weighted by atomic mass is 10.0. The van der Waals surface area contributed by atoms with Gasteiger partial charge in [-0.15, -0.1) is 0 Å². The summed E-state index contributed by atoms with van der Waals surface area (Å²) in [7, 11) is 0. The fourth-order valence-electron chi connectivity index (χ4n) is 1.80. The minimum atomic E-state index is -0.473. The predicted octanol–water partition coefficient (Wildman–Crippen LogP) is 2.84. The zero-order chi connectivity index (χ0) is 9.42. The van der Waals surface area contributed by atoms with Gasteiger partial charge in [-0.1, -0.05) is 11.6 Å². The van der Waals surface area contributed by atoms with Gasteiger partial charge in [-0.3, -0.25) is 0 Å². The third-order valence-electron chi connectivity index (χ3n) is 2.41. The highest BCUT2D eigenvalue weighted by Crippen LogP contribution is 2.33. The lowest BCUT2D eigenvalue weighted by molar-refractivity contribution is 0.626. The molecule has 0 N–H and O–H groups in total. The zero-order valence-electron chi connectivity index (χ0n) is 6.90. The van der Waals surface area contributed by atoms with Gasteiger partial charge in [0.15, 0.2) is 0 Å². The molecule has 1 aliphatic carbocycles. The summed E-state index contributed by atoms with van der Waals surface area (Å²) in [5, 5.41) is 8.96. The van der Waals surface area contributed by atoms with Crippen LogP contribution in [0.5, 0.6) is 0 Å². The Morgan fingerprint density at radius 2 is 2.08 bits per heavy atom. The largest absolute Gasteiger partial charge is 0.205 e. The molecule has 1 aromatic rings. The second-order valence-corrected chi connectivity index (χ2v) is 3.52. The van der Waals surface area contributed by atoms with E-state index in [1.54, 1.807) is 0 Å². The average Bonchev–Trinajstić information content (AvgIpc) is 2.60. The van der Waals surface area contributed by atoms with E-state index < -0.39 is 5.82 Å². The maximum absolute atomic E-state index is 13.1. The normalized spacial score (nSPS) is 13.9. The topological polar surface area (TPSA) is 23.8 Å². The standard InChI is InChI=1S/C10H7ClFN/c11-10-8-3-1-2-7(8)6(5-13)4-9(10)12/h4H,1-3H2. The van der Waals surface area contributed by atoms with Gasteiger partial charge < -0.3 is 0 Å². The molecule has 66 valence electrons. The van der Waals surface area contributed by atoms with Crippen molar-refractivity contribution in [1.29, 1.82) is 5.26 Å². The molecule has 0 saturated heterocycles. The fourth-order valence-corrected chi connectivity index (χ4v) is 2.07. The molecule has 0 amide bonds. The lowest BCUT2D eigenvalue weighted by Crippen LogP contribution is -1.93. The molecule has 0 aliphatic heterocycles. The van der Waals surface area contributed by atoms with Crippen molar-refractivity contribution in [2.24, 2.45) is 0 Å². The van der Waals surface area contributed by atoms with Crippen LogP contribution in [0.15, 0.2) is 6.07 Å². The summed E-state index contributed by atoms with van der Waals surface area (Å²) in [6.07, 6.45) is 2.60. The number of halogens is 2. The van der Waals surface area contributed by atoms with E-state index >= 15 is 0 Å². The summed E-state index contributed by atoms with van der Waals surface area (Å²) in [5.41, 5.74) is 2.21. The molecular weight excluding hydrogens is 189 g/mol. The quantitative estimate of drug-likeness (QED) is 0.625. The van der Waals surface area contributed by atoms with Crippen LogP contribution >= 0.6 is 11.6 Å². The molecule has 1 aliphatic rings. The SMILES string of the molecule is N#Cc1cc(F)c(Cl)c2c1CCC2. The molecule has 0 spiro atoms. The first kappa shape index (κ1) is 8.52. The Morgan fingerprint density at radius 3 is 2.77 bits per heavy atom. The van der Waals surface area contributed by atoms with E-state index in [1.165, 1.54) is 6.07 Å². The molecule has 0 aromatic heterocycles. The zero-order valence-corrected chi connectivity index (χ0v) is 7.66. The number of benzene rings is 1. The van der Waals surface area contributed by atoms with Crippen LogP contribution in [0.25, 0.3) is 0 Å². The van der Waals surface area contributed by atoms with Crippen molar-refractivity contribution in [1.82, 2.24) is 0 Å². The molecular formula is C10H7ClFN. The van der Waals surface area contributed by atoms with E-state index in [9.17, 15) is 4.39 Å². The first-order chi connectivity index (χ1) is 6.24. The number of nitrogens with zero attached hydrogens (tertiary/aromatic N) is 1. The highest BCUT2D eigenvalue weighted by Gasteiger charge is 2.20. The summed E-state index contributed by atoms with van der Waals surface area (Å²) in [6.45, 7) is 0. The van der Waals surface area contributed by atoms with Crippen molar-refractivity contribution in [2.45, 2.75) is 19.3 Å². The van der Waals surface area contributed by atoms with Crippen molar-refractivity contribution >= 4 is 11.6 Å². The molecule has 0 bridgehead atoms. The van der Waals surface area contributed by atoms with Gasteiger partial charge in [-0.25, -0.2) is 4.39 Å². The van der Waals surface area contributed by atoms with Crippen LogP contribution in [0.2, 0.25) is 5.02 Å². The summed E-state index contributed by atoms with van der Waals surface area (Å²) >= 11 is 5.78. The van der Waals surface area contributed by atoms with Gasteiger partial charge >= 0.3 is 0 Å². The molecule has 13 heavy (non-hydrogen) atoms. The number of hydrogen-bond acceptors (Lipinski definition) is 1. The van der Waals surface area contributed by atoms with E-state index in [4.69, 9.17) is 16.9 Å². The van der Waals surface area contributed by atoms with E-state index in [1.807, 2.05) is 6.07 Å². The van der Waals surface area contributed by atoms with Crippen LogP contribution in [-0.2, 0) is 12.8 Å². The van der Waals surface area contributed by atoms with E-state index in [0.717, 1.165) is 30.4 Å². The molecule has 0 unspecified atom stereocenters. The molecule has 0 heterocycles. The smallest absolute Gasteiger partial charge is 0.143 e. The molecule has 1 aromatic carbocycles. The van der Waals surface area contributed by atoms with Crippen LogP contribution < -0.4 is 0 Å². The Hall–Kier alpha value is -1.07. The van der Waals surface area contributed by atoms with Crippen molar-refractivity contribution in [3.8, 4) is 6.07 Å². The minimum absolute atomic E-state index is 0.200. The predicted molar refractivity (Wildman–Crippen MR) is 48.2 cm³/mol. The Morgan fingerprint density at radius 1 is 1.38 bits per heavy atom. The first-order valence-corrected chi connectivity index (χ1v) is 4.51. The first-order valence-electron chi connectivity index (χ1n) is 4.14. The molecule has 0 atom stereocenters.